The molecule has 0 aromatic carbocycles. The molecular formula is C15H31BrO. The summed E-state index contributed by atoms with van der Waals surface area (Å²) in [4.78, 5) is 0. The van der Waals surface area contributed by atoms with E-state index in [9.17, 15) is 0 Å². The van der Waals surface area contributed by atoms with Crippen molar-refractivity contribution in [1.29, 1.82) is 0 Å². The average Bonchev–Trinajstić information content (AvgIpc) is 2.33. The smallest absolute Gasteiger partial charge is 0.0471 e. The van der Waals surface area contributed by atoms with Gasteiger partial charge in [-0.1, -0.05) is 56.5 Å². The van der Waals surface area contributed by atoms with Crippen LogP contribution in [0.5, 0.6) is 0 Å². The number of ether oxygens (including phenoxy) is 1. The van der Waals surface area contributed by atoms with E-state index in [0.29, 0.717) is 5.41 Å². The zero-order valence-electron chi connectivity index (χ0n) is 12.2. The van der Waals surface area contributed by atoms with Gasteiger partial charge in [-0.3, -0.25) is 0 Å². The van der Waals surface area contributed by atoms with Crippen molar-refractivity contribution in [2.75, 3.05) is 18.5 Å². The van der Waals surface area contributed by atoms with Crippen molar-refractivity contribution in [3.8, 4) is 0 Å². The summed E-state index contributed by atoms with van der Waals surface area (Å²) in [5.74, 6) is 0.752. The average molecular weight is 307 g/mol. The molecule has 17 heavy (non-hydrogen) atoms. The first kappa shape index (κ1) is 17.4. The van der Waals surface area contributed by atoms with Gasteiger partial charge in [0.2, 0.25) is 0 Å². The summed E-state index contributed by atoms with van der Waals surface area (Å²) in [5.41, 5.74) is 0.466. The van der Waals surface area contributed by atoms with Crippen molar-refractivity contribution in [2.45, 2.75) is 66.2 Å². The number of rotatable bonds is 11. The highest BCUT2D eigenvalue weighted by molar-refractivity contribution is 9.09. The van der Waals surface area contributed by atoms with Gasteiger partial charge in [0.05, 0.1) is 0 Å². The molecule has 0 heterocycles. The Labute approximate surface area is 117 Å². The largest absolute Gasteiger partial charge is 0.381 e. The fraction of sp³-hybridized carbons (Fsp3) is 1.00. The molecule has 0 rings (SSSR count). The zero-order valence-corrected chi connectivity index (χ0v) is 13.8. The van der Waals surface area contributed by atoms with Crippen LogP contribution in [-0.4, -0.2) is 18.5 Å². The first-order valence-corrected chi connectivity index (χ1v) is 8.36. The van der Waals surface area contributed by atoms with Gasteiger partial charge in [-0.15, -0.1) is 0 Å². The summed E-state index contributed by atoms with van der Waals surface area (Å²) in [6.45, 7) is 10.9. The van der Waals surface area contributed by atoms with Crippen LogP contribution < -0.4 is 0 Å². The maximum absolute atomic E-state index is 5.76. The van der Waals surface area contributed by atoms with Crippen LogP contribution in [0.1, 0.15) is 66.2 Å². The Morgan fingerprint density at radius 2 is 1.82 bits per heavy atom. The molecule has 2 heteroatoms. The van der Waals surface area contributed by atoms with Gasteiger partial charge in [-0.05, 0) is 37.0 Å². The SMILES string of the molecule is CCCCC(CC)(CBr)CCOCCC(C)C. The summed E-state index contributed by atoms with van der Waals surface area (Å²) >= 11 is 3.70. The second-order valence-electron chi connectivity index (χ2n) is 5.64. The Kier molecular flexibility index (Phi) is 10.6. The molecule has 0 amide bonds. The van der Waals surface area contributed by atoms with E-state index < -0.39 is 0 Å². The van der Waals surface area contributed by atoms with Gasteiger partial charge >= 0.3 is 0 Å². The molecule has 0 saturated carbocycles. The number of alkyl halides is 1. The molecule has 0 N–H and O–H groups in total. The lowest BCUT2D eigenvalue weighted by molar-refractivity contribution is 0.0879. The fourth-order valence-corrected chi connectivity index (χ4v) is 2.93. The van der Waals surface area contributed by atoms with Gasteiger partial charge in [0.25, 0.3) is 0 Å². The van der Waals surface area contributed by atoms with Crippen LogP contribution in [0.4, 0.5) is 0 Å². The van der Waals surface area contributed by atoms with Crippen molar-refractivity contribution in [2.24, 2.45) is 11.3 Å². The molecule has 104 valence electrons. The normalized spacial score (nSPS) is 15.2. The van der Waals surface area contributed by atoms with Crippen LogP contribution in [0, 0.1) is 11.3 Å². The second kappa shape index (κ2) is 10.4. The maximum Gasteiger partial charge on any atom is 0.0471 e. The van der Waals surface area contributed by atoms with Crippen LogP contribution >= 0.6 is 15.9 Å². The Bertz CT molecular complexity index is 164. The van der Waals surface area contributed by atoms with Crippen molar-refractivity contribution in [3.63, 3.8) is 0 Å². The molecule has 0 aliphatic carbocycles. The summed E-state index contributed by atoms with van der Waals surface area (Å²) in [6.07, 6.45) is 7.61. The molecule has 0 bridgehead atoms. The van der Waals surface area contributed by atoms with E-state index in [0.717, 1.165) is 24.5 Å². The highest BCUT2D eigenvalue weighted by atomic mass is 79.9. The third kappa shape index (κ3) is 8.20. The predicted octanol–water partition coefficient (Wildman–Crippen LogP) is 5.42. The van der Waals surface area contributed by atoms with Gasteiger partial charge < -0.3 is 4.74 Å². The molecule has 1 unspecified atom stereocenters. The van der Waals surface area contributed by atoms with Gasteiger partial charge in [0.15, 0.2) is 0 Å². The van der Waals surface area contributed by atoms with Crippen molar-refractivity contribution >= 4 is 15.9 Å². The minimum atomic E-state index is 0.466. The van der Waals surface area contributed by atoms with E-state index in [1.165, 1.54) is 38.5 Å². The highest BCUT2D eigenvalue weighted by Gasteiger charge is 2.25. The molecule has 0 fully saturated rings. The Hall–Kier alpha value is 0.440. The van der Waals surface area contributed by atoms with Gasteiger partial charge in [-0.2, -0.15) is 0 Å². The molecule has 0 saturated heterocycles. The van der Waals surface area contributed by atoms with E-state index in [2.05, 4.69) is 43.6 Å². The standard InChI is InChI=1S/C15H31BrO/c1-5-7-9-15(6-2,13-16)10-12-17-11-8-14(3)4/h14H,5-13H2,1-4H3. The Balaban J connectivity index is 3.83. The summed E-state index contributed by atoms with van der Waals surface area (Å²) in [7, 11) is 0. The van der Waals surface area contributed by atoms with Crippen LogP contribution in [0.25, 0.3) is 0 Å². The third-order valence-electron chi connectivity index (χ3n) is 3.71. The summed E-state index contributed by atoms with van der Waals surface area (Å²) in [5, 5.41) is 1.12. The van der Waals surface area contributed by atoms with Crippen molar-refractivity contribution in [1.82, 2.24) is 0 Å². The monoisotopic (exact) mass is 306 g/mol. The molecule has 0 radical (unpaired) electrons. The minimum Gasteiger partial charge on any atom is -0.381 e. The van der Waals surface area contributed by atoms with Crippen molar-refractivity contribution < 1.29 is 4.74 Å². The quantitative estimate of drug-likeness (QED) is 0.366. The molecule has 0 spiro atoms. The number of halogens is 1. The third-order valence-corrected chi connectivity index (χ3v) is 4.90. The maximum atomic E-state index is 5.76. The molecule has 1 nitrogen and oxygen atoms in total. The fourth-order valence-electron chi connectivity index (χ4n) is 1.97. The van der Waals surface area contributed by atoms with Crippen LogP contribution in [-0.2, 0) is 4.74 Å². The molecule has 0 aromatic rings. The lowest BCUT2D eigenvalue weighted by Gasteiger charge is -2.31. The van der Waals surface area contributed by atoms with E-state index in [1.54, 1.807) is 0 Å². The van der Waals surface area contributed by atoms with E-state index in [4.69, 9.17) is 4.74 Å². The second-order valence-corrected chi connectivity index (χ2v) is 6.20. The lowest BCUT2D eigenvalue weighted by Crippen LogP contribution is -2.24. The van der Waals surface area contributed by atoms with E-state index >= 15 is 0 Å². The molecule has 1 atom stereocenters. The topological polar surface area (TPSA) is 9.23 Å². The molecule has 0 aliphatic heterocycles. The molecule has 0 aromatic heterocycles. The van der Waals surface area contributed by atoms with Gasteiger partial charge in [0.1, 0.15) is 0 Å². The first-order chi connectivity index (χ1) is 8.10. The van der Waals surface area contributed by atoms with Gasteiger partial charge in [0, 0.05) is 18.5 Å². The summed E-state index contributed by atoms with van der Waals surface area (Å²) < 4.78 is 5.76. The predicted molar refractivity (Wildman–Crippen MR) is 80.9 cm³/mol. The van der Waals surface area contributed by atoms with E-state index in [-0.39, 0.29) is 0 Å². The minimum absolute atomic E-state index is 0.466. The van der Waals surface area contributed by atoms with Crippen LogP contribution in [0.2, 0.25) is 0 Å². The van der Waals surface area contributed by atoms with Crippen LogP contribution in [0.3, 0.4) is 0 Å². The number of hydrogen-bond donors (Lipinski definition) is 0. The van der Waals surface area contributed by atoms with Gasteiger partial charge in [-0.25, -0.2) is 0 Å². The zero-order chi connectivity index (χ0) is 13.1. The number of unbranched alkanes of at least 4 members (excludes halogenated alkanes) is 1. The molecular weight excluding hydrogens is 276 g/mol. The Morgan fingerprint density at radius 1 is 1.12 bits per heavy atom. The highest BCUT2D eigenvalue weighted by Crippen LogP contribution is 2.34. The van der Waals surface area contributed by atoms with Crippen molar-refractivity contribution in [3.05, 3.63) is 0 Å². The molecule has 0 aliphatic rings. The lowest BCUT2D eigenvalue weighted by atomic mass is 9.79. The van der Waals surface area contributed by atoms with E-state index in [1.807, 2.05) is 0 Å². The summed E-state index contributed by atoms with van der Waals surface area (Å²) in [6, 6.07) is 0. The van der Waals surface area contributed by atoms with Crippen LogP contribution in [0.15, 0.2) is 0 Å². The Morgan fingerprint density at radius 3 is 2.29 bits per heavy atom. The number of hydrogen-bond acceptors (Lipinski definition) is 1. The first-order valence-electron chi connectivity index (χ1n) is 7.24.